The number of carbonyl (C=O) groups is 3. The highest BCUT2D eigenvalue weighted by Crippen LogP contribution is 2.41. The number of amides is 3. The van der Waals surface area contributed by atoms with Crippen molar-refractivity contribution in [3.05, 3.63) is 101 Å². The molecule has 0 aliphatic carbocycles. The molecule has 6 rings (SSSR count). The van der Waals surface area contributed by atoms with Crippen LogP contribution in [0.1, 0.15) is 48.9 Å². The van der Waals surface area contributed by atoms with E-state index in [1.165, 1.54) is 16.7 Å². The Morgan fingerprint density at radius 3 is 2.44 bits per heavy atom. The number of benzene rings is 3. The van der Waals surface area contributed by atoms with Gasteiger partial charge < -0.3 is 41.9 Å². The second-order valence-electron chi connectivity index (χ2n) is 13.9. The monoisotopic (exact) mass is 829 g/mol. The predicted molar refractivity (Wildman–Crippen MR) is 226 cm³/mol. The maximum atomic E-state index is 14.7. The molecule has 5 aromatic rings. The molecule has 0 radical (unpaired) electrons. The number of halogens is 1. The summed E-state index contributed by atoms with van der Waals surface area (Å²) in [5.41, 5.74) is 16.5. The quantitative estimate of drug-likeness (QED) is 0.0654. The van der Waals surface area contributed by atoms with Crippen molar-refractivity contribution in [2.24, 2.45) is 11.5 Å². The molecule has 1 aliphatic heterocycles. The van der Waals surface area contributed by atoms with E-state index in [0.29, 0.717) is 82.8 Å². The first-order chi connectivity index (χ1) is 27.7. The van der Waals surface area contributed by atoms with Crippen LogP contribution in [0.4, 0.5) is 0 Å². The van der Waals surface area contributed by atoms with E-state index in [9.17, 15) is 18.9 Å². The normalized spacial score (nSPS) is 18.4. The zero-order valence-electron chi connectivity index (χ0n) is 31.7. The third-order valence-electron chi connectivity index (χ3n) is 10.2. The lowest BCUT2D eigenvalue weighted by Gasteiger charge is -2.32. The fourth-order valence-electron chi connectivity index (χ4n) is 7.01. The summed E-state index contributed by atoms with van der Waals surface area (Å²) in [7, 11) is 1.61. The summed E-state index contributed by atoms with van der Waals surface area (Å²) in [6, 6.07) is 16.4. The van der Waals surface area contributed by atoms with Crippen molar-refractivity contribution >= 4 is 64.0 Å². The molecule has 9 N–H and O–H groups in total. The van der Waals surface area contributed by atoms with Gasteiger partial charge in [-0.05, 0) is 91.7 Å². The summed E-state index contributed by atoms with van der Waals surface area (Å²) in [4.78, 5) is 58.7. The lowest BCUT2D eigenvalue weighted by atomic mass is 9.98. The number of nitrogens with zero attached hydrogens (tertiary/aromatic N) is 3. The van der Waals surface area contributed by atoms with E-state index in [1.807, 2.05) is 60.8 Å². The van der Waals surface area contributed by atoms with Gasteiger partial charge in [0, 0.05) is 77.9 Å². The maximum Gasteiger partial charge on any atom is 0.245 e. The van der Waals surface area contributed by atoms with Crippen LogP contribution in [0, 0.1) is 0 Å². The third kappa shape index (κ3) is 10.3. The number of likely N-dealkylation sites (N-methyl/N-ethyl adjacent to an activating group) is 1. The zero-order valence-corrected chi connectivity index (χ0v) is 34.1. The SMILES string of the molecule is CN1C(=O)[C@H](CCCCN)NC(=O)[C@H](CCCN)NCc2nccnc2Sc2c(Cl)ccc(-c3ccc(SO)cc3)c2CNC(=O)[C@@H]1Cc1c[nH]c2ccccc12. The molecule has 0 spiro atoms. The van der Waals surface area contributed by atoms with Crippen molar-refractivity contribution in [2.45, 2.75) is 84.6 Å². The first-order valence-electron chi connectivity index (χ1n) is 19.0. The minimum Gasteiger partial charge on any atom is -0.361 e. The standard InChI is InChI=1S/C41H48ClN9O4S2/c1-51-36(21-26-22-47-32-8-3-2-7-29(26)32)39(53)49-23-30-28(25-11-13-27(57-55)14-12-25)15-16-31(42)37(30)56-40-35(45-19-20-46-40)24-48-33(10-6-18-44)38(52)50-34(41(51)54)9-4-5-17-43/h2-3,7-8,11-16,19-20,22,33-34,36,47-48,55H,4-6,9-10,17-18,21,23-24,43-44H2,1H3,(H,49,53)(H,50,52)/t33-,34-,36-/m0/s1. The van der Waals surface area contributed by atoms with E-state index in [0.717, 1.165) is 33.2 Å². The van der Waals surface area contributed by atoms with Gasteiger partial charge >= 0.3 is 0 Å². The first-order valence-corrected chi connectivity index (χ1v) is 20.9. The van der Waals surface area contributed by atoms with Crippen LogP contribution < -0.4 is 27.4 Å². The number of carbonyl (C=O) groups excluding carboxylic acids is 3. The van der Waals surface area contributed by atoms with Gasteiger partial charge in [-0.15, -0.1) is 0 Å². The molecule has 1 aliphatic rings. The minimum atomic E-state index is -0.960. The third-order valence-corrected chi connectivity index (χ3v) is 12.3. The van der Waals surface area contributed by atoms with Crippen LogP contribution in [0.3, 0.4) is 0 Å². The second kappa shape index (κ2) is 20.3. The molecule has 0 saturated carbocycles. The number of aromatic nitrogens is 3. The average molecular weight is 830 g/mol. The largest absolute Gasteiger partial charge is 0.361 e. The fourth-order valence-corrected chi connectivity index (χ4v) is 8.58. The molecule has 0 saturated heterocycles. The van der Waals surface area contributed by atoms with Crippen LogP contribution in [-0.2, 0) is 33.9 Å². The molecule has 300 valence electrons. The maximum absolute atomic E-state index is 14.7. The highest BCUT2D eigenvalue weighted by atomic mass is 35.5. The molecule has 2 aromatic heterocycles. The van der Waals surface area contributed by atoms with Crippen molar-refractivity contribution in [1.29, 1.82) is 0 Å². The Labute approximate surface area is 345 Å². The number of hydrogen-bond acceptors (Lipinski definition) is 11. The molecule has 57 heavy (non-hydrogen) atoms. The van der Waals surface area contributed by atoms with E-state index in [4.69, 9.17) is 23.1 Å². The van der Waals surface area contributed by atoms with Gasteiger partial charge in [-0.3, -0.25) is 19.4 Å². The van der Waals surface area contributed by atoms with Crippen LogP contribution >= 0.6 is 35.4 Å². The highest BCUT2D eigenvalue weighted by Gasteiger charge is 2.34. The van der Waals surface area contributed by atoms with Gasteiger partial charge in [-0.1, -0.05) is 59.8 Å². The Bertz CT molecular complexity index is 2170. The van der Waals surface area contributed by atoms with Gasteiger partial charge in [-0.2, -0.15) is 0 Å². The molecule has 0 fully saturated rings. The van der Waals surface area contributed by atoms with Crippen molar-refractivity contribution < 1.29 is 18.9 Å². The first kappa shape index (κ1) is 42.1. The summed E-state index contributed by atoms with van der Waals surface area (Å²) in [6.07, 6.45) is 7.84. The van der Waals surface area contributed by atoms with Gasteiger partial charge in [0.2, 0.25) is 17.7 Å². The van der Waals surface area contributed by atoms with E-state index in [2.05, 4.69) is 30.9 Å². The Balaban J connectivity index is 1.47. The molecule has 0 unspecified atom stereocenters. The molecular weight excluding hydrogens is 782 g/mol. The Morgan fingerprint density at radius 2 is 1.67 bits per heavy atom. The Kier molecular flexibility index (Phi) is 15.0. The topological polar surface area (TPSA) is 204 Å². The predicted octanol–water partition coefficient (Wildman–Crippen LogP) is 5.51. The minimum absolute atomic E-state index is 0.0612. The van der Waals surface area contributed by atoms with Gasteiger partial charge in [0.1, 0.15) is 17.1 Å². The number of nitrogens with one attached hydrogen (secondary N) is 4. The molecule has 3 aromatic carbocycles. The van der Waals surface area contributed by atoms with Gasteiger partial charge in [0.15, 0.2) is 0 Å². The zero-order chi connectivity index (χ0) is 40.3. The van der Waals surface area contributed by atoms with Gasteiger partial charge in [0.25, 0.3) is 0 Å². The molecule has 16 heteroatoms. The fraction of sp³-hybridized carbons (Fsp3) is 0.341. The van der Waals surface area contributed by atoms with Crippen molar-refractivity contribution in [3.8, 4) is 11.1 Å². The number of hydrogen-bond donors (Lipinski definition) is 7. The summed E-state index contributed by atoms with van der Waals surface area (Å²) < 4.78 is 9.65. The van der Waals surface area contributed by atoms with Crippen LogP contribution in [0.5, 0.6) is 0 Å². The number of fused-ring (bicyclic) bond motifs is 3. The Hall–Kier alpha value is -4.48. The van der Waals surface area contributed by atoms with Crippen molar-refractivity contribution in [2.75, 3.05) is 20.1 Å². The molecule has 3 atom stereocenters. The number of nitrogens with two attached hydrogens (primary N) is 2. The number of aromatic amines is 1. The van der Waals surface area contributed by atoms with E-state index in [-0.39, 0.29) is 37.2 Å². The summed E-state index contributed by atoms with van der Waals surface area (Å²) >= 11 is 8.98. The van der Waals surface area contributed by atoms with Gasteiger partial charge in [-0.25, -0.2) is 4.98 Å². The lowest BCUT2D eigenvalue weighted by Crippen LogP contribution is -2.57. The van der Waals surface area contributed by atoms with Crippen LogP contribution in [0.25, 0.3) is 22.0 Å². The van der Waals surface area contributed by atoms with Crippen molar-refractivity contribution in [3.63, 3.8) is 0 Å². The summed E-state index contributed by atoms with van der Waals surface area (Å²) in [5, 5.41) is 11.5. The molecule has 0 bridgehead atoms. The summed E-state index contributed by atoms with van der Waals surface area (Å²) in [6.45, 7) is 1.07. The smallest absolute Gasteiger partial charge is 0.245 e. The Morgan fingerprint density at radius 1 is 0.912 bits per heavy atom. The number of para-hydroxylation sites is 1. The molecule has 3 heterocycles. The number of rotatable bonds is 11. The molecular formula is C41H48ClN9O4S2. The number of H-pyrrole nitrogens is 1. The van der Waals surface area contributed by atoms with Crippen LogP contribution in [0.15, 0.2) is 94.1 Å². The van der Waals surface area contributed by atoms with Gasteiger partial charge in [0.05, 0.1) is 16.8 Å². The number of unbranched alkanes of at least 4 members (excludes halogenated alkanes) is 1. The molecule has 13 nitrogen and oxygen atoms in total. The van der Waals surface area contributed by atoms with Crippen molar-refractivity contribution in [1.82, 2.24) is 35.8 Å². The van der Waals surface area contributed by atoms with E-state index < -0.39 is 18.1 Å². The average Bonchev–Trinajstić information content (AvgIpc) is 3.64. The van der Waals surface area contributed by atoms with Crippen LogP contribution in [-0.4, -0.2) is 80.4 Å². The van der Waals surface area contributed by atoms with E-state index >= 15 is 0 Å². The molecule has 3 amide bonds. The van der Waals surface area contributed by atoms with E-state index in [1.54, 1.807) is 25.5 Å². The van der Waals surface area contributed by atoms with Crippen LogP contribution in [0.2, 0.25) is 5.02 Å². The summed E-state index contributed by atoms with van der Waals surface area (Å²) in [5.74, 6) is -1.13. The highest BCUT2D eigenvalue weighted by molar-refractivity contribution is 7.99. The lowest BCUT2D eigenvalue weighted by molar-refractivity contribution is -0.142. The second-order valence-corrected chi connectivity index (χ2v) is 15.9.